The van der Waals surface area contributed by atoms with Crippen LogP contribution in [0, 0.1) is 5.92 Å². The highest BCUT2D eigenvalue weighted by Gasteiger charge is 2.16. The third-order valence-corrected chi connectivity index (χ3v) is 3.82. The van der Waals surface area contributed by atoms with Crippen molar-refractivity contribution in [3.63, 3.8) is 0 Å². The first-order valence-corrected chi connectivity index (χ1v) is 7.65. The molecule has 1 atom stereocenters. The van der Waals surface area contributed by atoms with Crippen LogP contribution in [0.15, 0.2) is 28.4 Å². The molecule has 4 nitrogen and oxygen atoms in total. The maximum atomic E-state index is 4.19. The Balaban J connectivity index is 2.62. The lowest BCUT2D eigenvalue weighted by Crippen LogP contribution is -2.39. The molecule has 0 amide bonds. The van der Waals surface area contributed by atoms with E-state index in [4.69, 9.17) is 0 Å². The van der Waals surface area contributed by atoms with E-state index in [1.807, 2.05) is 6.34 Å². The van der Waals surface area contributed by atoms with Crippen LogP contribution in [-0.2, 0) is 0 Å². The minimum absolute atomic E-state index is 0.636. The zero-order valence-corrected chi connectivity index (χ0v) is 13.7. The first kappa shape index (κ1) is 16.8. The minimum Gasteiger partial charge on any atom is -0.377 e. The van der Waals surface area contributed by atoms with Crippen molar-refractivity contribution >= 4 is 6.34 Å². The molecule has 0 fully saturated rings. The summed E-state index contributed by atoms with van der Waals surface area (Å²) in [6.07, 6.45) is 8.47. The molecule has 0 aromatic rings. The molecule has 0 spiro atoms. The van der Waals surface area contributed by atoms with Crippen LogP contribution in [0.3, 0.4) is 0 Å². The van der Waals surface area contributed by atoms with Crippen LogP contribution >= 0.6 is 0 Å². The second-order valence-corrected chi connectivity index (χ2v) is 5.40. The van der Waals surface area contributed by atoms with E-state index in [9.17, 15) is 0 Å². The maximum Gasteiger partial charge on any atom is 0.107 e. The van der Waals surface area contributed by atoms with Crippen molar-refractivity contribution in [1.29, 1.82) is 0 Å². The van der Waals surface area contributed by atoms with Crippen LogP contribution in [0.1, 0.15) is 40.5 Å². The van der Waals surface area contributed by atoms with Crippen molar-refractivity contribution in [3.05, 3.63) is 23.4 Å². The predicted octanol–water partition coefficient (Wildman–Crippen LogP) is 3.01. The monoisotopic (exact) mass is 278 g/mol. The number of rotatable bonds is 8. The summed E-state index contributed by atoms with van der Waals surface area (Å²) in [5.41, 5.74) is 6.05. The van der Waals surface area contributed by atoms with E-state index in [-0.39, 0.29) is 0 Å². The highest BCUT2D eigenvalue weighted by atomic mass is 15.6. The highest BCUT2D eigenvalue weighted by Crippen LogP contribution is 2.17. The summed E-state index contributed by atoms with van der Waals surface area (Å²) in [6.45, 7) is 11.6. The fourth-order valence-electron chi connectivity index (χ4n) is 2.71. The number of hydrogen-bond acceptors (Lipinski definition) is 4. The van der Waals surface area contributed by atoms with E-state index in [1.165, 1.54) is 17.7 Å². The molecule has 0 saturated carbocycles. The van der Waals surface area contributed by atoms with Gasteiger partial charge in [-0.15, -0.1) is 0 Å². The molecule has 20 heavy (non-hydrogen) atoms. The Labute approximate surface area is 124 Å². The molecule has 1 aliphatic heterocycles. The Morgan fingerprint density at radius 2 is 2.25 bits per heavy atom. The molecule has 0 aromatic carbocycles. The topological polar surface area (TPSA) is 30.9 Å². The number of aliphatic imine (C=N–C) groups is 1. The smallest absolute Gasteiger partial charge is 0.107 e. The minimum atomic E-state index is 0.636. The van der Waals surface area contributed by atoms with E-state index < -0.39 is 0 Å². The quantitative estimate of drug-likeness (QED) is 0.692. The Morgan fingerprint density at radius 1 is 1.50 bits per heavy atom. The first-order chi connectivity index (χ1) is 9.62. The molecule has 0 bridgehead atoms. The number of hydrazine groups is 1. The fourth-order valence-corrected chi connectivity index (χ4v) is 2.71. The zero-order valence-electron chi connectivity index (χ0n) is 13.7. The second-order valence-electron chi connectivity index (χ2n) is 5.40. The Kier molecular flexibility index (Phi) is 7.37. The Morgan fingerprint density at radius 3 is 2.75 bits per heavy atom. The second kappa shape index (κ2) is 8.80. The summed E-state index contributed by atoms with van der Waals surface area (Å²) in [5.74, 6) is 0.636. The van der Waals surface area contributed by atoms with E-state index in [2.05, 4.69) is 67.2 Å². The molecular weight excluding hydrogens is 248 g/mol. The molecule has 4 heteroatoms. The van der Waals surface area contributed by atoms with Gasteiger partial charge in [0.2, 0.25) is 0 Å². The Hall–Kier alpha value is -1.29. The molecule has 0 aliphatic carbocycles. The van der Waals surface area contributed by atoms with Crippen LogP contribution in [0.5, 0.6) is 0 Å². The molecule has 0 aromatic heterocycles. The van der Waals surface area contributed by atoms with Crippen molar-refractivity contribution in [2.45, 2.75) is 40.5 Å². The summed E-state index contributed by atoms with van der Waals surface area (Å²) < 4.78 is 0. The average molecular weight is 278 g/mol. The van der Waals surface area contributed by atoms with Crippen LogP contribution in [-0.4, -0.2) is 43.1 Å². The van der Waals surface area contributed by atoms with Crippen molar-refractivity contribution in [1.82, 2.24) is 15.3 Å². The molecule has 1 unspecified atom stereocenters. The standard InChI is InChI=1S/C16H30N4/c1-6-9-14(4)16(8-3)19(5)10-15(7-2)11-20-13-17-12-18-20/h6,9,13,15,18H,7-8,10-12H2,1-5H3/b9-6-,16-14-. The number of nitrogens with one attached hydrogen (secondary N) is 1. The van der Waals surface area contributed by atoms with Crippen LogP contribution in [0.4, 0.5) is 0 Å². The van der Waals surface area contributed by atoms with Gasteiger partial charge in [0.05, 0.1) is 0 Å². The van der Waals surface area contributed by atoms with Crippen LogP contribution in [0.25, 0.3) is 0 Å². The number of allylic oxidation sites excluding steroid dienone is 4. The third-order valence-electron chi connectivity index (χ3n) is 3.82. The fraction of sp³-hybridized carbons (Fsp3) is 0.688. The molecule has 114 valence electrons. The SMILES string of the molecule is C/C=C\C(C)=C(\CC)N(C)CC(CC)CN1C=NCN1. The third kappa shape index (κ3) is 5.00. The summed E-state index contributed by atoms with van der Waals surface area (Å²) in [6, 6.07) is 0. The van der Waals surface area contributed by atoms with E-state index in [0.29, 0.717) is 12.6 Å². The van der Waals surface area contributed by atoms with Crippen LogP contribution < -0.4 is 5.43 Å². The maximum absolute atomic E-state index is 4.19. The van der Waals surface area contributed by atoms with Crippen molar-refractivity contribution in [2.75, 3.05) is 26.8 Å². The lowest BCUT2D eigenvalue weighted by Gasteiger charge is -2.30. The van der Waals surface area contributed by atoms with Crippen LogP contribution in [0.2, 0.25) is 0 Å². The van der Waals surface area contributed by atoms with Gasteiger partial charge in [-0.3, -0.25) is 10.0 Å². The molecule has 1 aliphatic rings. The molecule has 1 N–H and O–H groups in total. The first-order valence-electron chi connectivity index (χ1n) is 7.65. The van der Waals surface area contributed by atoms with Gasteiger partial charge in [-0.2, -0.15) is 0 Å². The molecule has 0 radical (unpaired) electrons. The van der Waals surface area contributed by atoms with Crippen molar-refractivity contribution < 1.29 is 0 Å². The number of nitrogens with zero attached hydrogens (tertiary/aromatic N) is 3. The summed E-state index contributed by atoms with van der Waals surface area (Å²) >= 11 is 0. The van der Waals surface area contributed by atoms with Gasteiger partial charge < -0.3 is 4.90 Å². The van der Waals surface area contributed by atoms with E-state index >= 15 is 0 Å². The zero-order chi connectivity index (χ0) is 15.0. The summed E-state index contributed by atoms with van der Waals surface area (Å²) in [5, 5.41) is 2.11. The van der Waals surface area contributed by atoms with E-state index in [1.54, 1.807) is 0 Å². The molecular formula is C16H30N4. The summed E-state index contributed by atoms with van der Waals surface area (Å²) in [7, 11) is 2.21. The predicted molar refractivity (Wildman–Crippen MR) is 87.4 cm³/mol. The highest BCUT2D eigenvalue weighted by molar-refractivity contribution is 5.55. The van der Waals surface area contributed by atoms with Gasteiger partial charge in [-0.1, -0.05) is 26.0 Å². The molecule has 0 saturated heterocycles. The lowest BCUT2D eigenvalue weighted by molar-refractivity contribution is 0.238. The van der Waals surface area contributed by atoms with Gasteiger partial charge in [-0.05, 0) is 38.2 Å². The largest absolute Gasteiger partial charge is 0.377 e. The van der Waals surface area contributed by atoms with Crippen molar-refractivity contribution in [3.8, 4) is 0 Å². The lowest BCUT2D eigenvalue weighted by atomic mass is 10.0. The van der Waals surface area contributed by atoms with Gasteiger partial charge in [0, 0.05) is 25.8 Å². The number of hydrogen-bond donors (Lipinski definition) is 1. The van der Waals surface area contributed by atoms with Gasteiger partial charge in [-0.25, -0.2) is 5.43 Å². The average Bonchev–Trinajstić information content (AvgIpc) is 2.92. The van der Waals surface area contributed by atoms with Crippen molar-refractivity contribution in [2.24, 2.45) is 10.9 Å². The van der Waals surface area contributed by atoms with Gasteiger partial charge in [0.25, 0.3) is 0 Å². The van der Waals surface area contributed by atoms with Gasteiger partial charge in [0.15, 0.2) is 0 Å². The Bertz CT molecular complexity index is 371. The van der Waals surface area contributed by atoms with Gasteiger partial charge >= 0.3 is 0 Å². The molecule has 1 rings (SSSR count). The summed E-state index contributed by atoms with van der Waals surface area (Å²) in [4.78, 5) is 6.61. The normalized spacial score (nSPS) is 17.8. The van der Waals surface area contributed by atoms with Gasteiger partial charge in [0.1, 0.15) is 13.0 Å². The molecule has 1 heterocycles. The van der Waals surface area contributed by atoms with E-state index in [0.717, 1.165) is 19.5 Å².